The average molecular weight is 262 g/mol. The molecule has 0 bridgehead atoms. The Morgan fingerprint density at radius 2 is 1.72 bits per heavy atom. The molecule has 0 aromatic carbocycles. The van der Waals surface area contributed by atoms with Gasteiger partial charge in [0.1, 0.15) is 17.5 Å². The Bertz CT molecular complexity index is 404. The second-order valence-corrected chi connectivity index (χ2v) is 3.99. The van der Waals surface area contributed by atoms with Gasteiger partial charge in [0.25, 0.3) is 0 Å². The largest absolute Gasteiger partial charge is 0.389 e. The van der Waals surface area contributed by atoms with E-state index in [4.69, 9.17) is 0 Å². The van der Waals surface area contributed by atoms with Crippen molar-refractivity contribution in [1.82, 2.24) is 9.97 Å². The van der Waals surface area contributed by atoms with Crippen LogP contribution in [-0.4, -0.2) is 29.7 Å². The Balaban J connectivity index is 2.59. The summed E-state index contributed by atoms with van der Waals surface area (Å²) in [6, 6.07) is 0. The third kappa shape index (κ3) is 4.38. The van der Waals surface area contributed by atoms with E-state index >= 15 is 0 Å². The molecule has 0 aliphatic rings. The predicted molar refractivity (Wildman–Crippen MR) is 64.8 cm³/mol. The van der Waals surface area contributed by atoms with Crippen molar-refractivity contribution in [2.75, 3.05) is 24.2 Å². The van der Waals surface area contributed by atoms with Crippen LogP contribution in [0.2, 0.25) is 0 Å². The van der Waals surface area contributed by atoms with Gasteiger partial charge in [-0.2, -0.15) is 13.2 Å². The number of hydrogen-bond donors (Lipinski definition) is 2. The minimum Gasteiger partial charge on any atom is -0.373 e. The van der Waals surface area contributed by atoms with Crippen LogP contribution in [0.4, 0.5) is 24.8 Å². The van der Waals surface area contributed by atoms with Crippen LogP contribution in [0.3, 0.4) is 0 Å². The molecule has 0 spiro atoms. The molecule has 0 saturated heterocycles. The number of aromatic nitrogens is 2. The molecule has 4 nitrogen and oxygen atoms in total. The molecule has 0 amide bonds. The molecular formula is C11H17F3N4. The summed E-state index contributed by atoms with van der Waals surface area (Å²) in [5.74, 6) is 1.83. The first kappa shape index (κ1) is 14.5. The Morgan fingerprint density at radius 1 is 1.11 bits per heavy atom. The zero-order chi connectivity index (χ0) is 13.8. The molecule has 1 heterocycles. The molecule has 0 saturated carbocycles. The first-order valence-electron chi connectivity index (χ1n) is 5.67. The van der Waals surface area contributed by atoms with E-state index in [0.29, 0.717) is 17.5 Å². The maximum Gasteiger partial charge on any atom is 0.389 e. The van der Waals surface area contributed by atoms with E-state index < -0.39 is 12.6 Å². The highest BCUT2D eigenvalue weighted by atomic mass is 19.4. The van der Waals surface area contributed by atoms with Crippen molar-refractivity contribution in [1.29, 1.82) is 0 Å². The molecule has 0 aliphatic carbocycles. The third-order valence-corrected chi connectivity index (χ3v) is 2.42. The highest BCUT2D eigenvalue weighted by molar-refractivity contribution is 5.56. The van der Waals surface area contributed by atoms with Gasteiger partial charge in [-0.05, 0) is 20.3 Å². The van der Waals surface area contributed by atoms with E-state index in [-0.39, 0.29) is 13.0 Å². The summed E-state index contributed by atoms with van der Waals surface area (Å²) in [6.45, 7) is 3.79. The number of hydrogen-bond acceptors (Lipinski definition) is 4. The van der Waals surface area contributed by atoms with Crippen molar-refractivity contribution in [3.63, 3.8) is 0 Å². The van der Waals surface area contributed by atoms with Crippen LogP contribution in [0.15, 0.2) is 0 Å². The quantitative estimate of drug-likeness (QED) is 0.801. The lowest BCUT2D eigenvalue weighted by Crippen LogP contribution is -2.13. The van der Waals surface area contributed by atoms with E-state index in [1.165, 1.54) is 0 Å². The zero-order valence-electron chi connectivity index (χ0n) is 10.6. The highest BCUT2D eigenvalue weighted by Crippen LogP contribution is 2.22. The molecule has 0 unspecified atom stereocenters. The van der Waals surface area contributed by atoms with E-state index in [2.05, 4.69) is 20.6 Å². The SMILES string of the molecule is CNc1nc(C)nc(NCCCC(F)(F)F)c1C. The molecule has 0 radical (unpaired) electrons. The van der Waals surface area contributed by atoms with Gasteiger partial charge < -0.3 is 10.6 Å². The zero-order valence-corrected chi connectivity index (χ0v) is 10.6. The number of alkyl halides is 3. The number of nitrogens with zero attached hydrogens (tertiary/aromatic N) is 2. The summed E-state index contributed by atoms with van der Waals surface area (Å²) in [7, 11) is 1.74. The highest BCUT2D eigenvalue weighted by Gasteiger charge is 2.25. The smallest absolute Gasteiger partial charge is 0.373 e. The molecule has 0 atom stereocenters. The lowest BCUT2D eigenvalue weighted by molar-refractivity contribution is -0.134. The van der Waals surface area contributed by atoms with Gasteiger partial charge in [-0.15, -0.1) is 0 Å². The van der Waals surface area contributed by atoms with Crippen molar-refractivity contribution in [3.05, 3.63) is 11.4 Å². The number of anilines is 2. The molecule has 1 rings (SSSR count). The summed E-state index contributed by atoms with van der Waals surface area (Å²) in [4.78, 5) is 8.35. The van der Waals surface area contributed by atoms with E-state index in [9.17, 15) is 13.2 Å². The van der Waals surface area contributed by atoms with Crippen molar-refractivity contribution >= 4 is 11.6 Å². The van der Waals surface area contributed by atoms with Crippen LogP contribution in [0, 0.1) is 13.8 Å². The van der Waals surface area contributed by atoms with Crippen LogP contribution in [0.25, 0.3) is 0 Å². The van der Waals surface area contributed by atoms with Crippen molar-refractivity contribution < 1.29 is 13.2 Å². The molecule has 102 valence electrons. The average Bonchev–Trinajstić information content (AvgIpc) is 2.27. The fraction of sp³-hybridized carbons (Fsp3) is 0.636. The van der Waals surface area contributed by atoms with Crippen molar-refractivity contribution in [2.24, 2.45) is 0 Å². The van der Waals surface area contributed by atoms with E-state index in [1.54, 1.807) is 14.0 Å². The first-order valence-corrected chi connectivity index (χ1v) is 5.67. The molecular weight excluding hydrogens is 245 g/mol. The predicted octanol–water partition coefficient (Wildman–Crippen LogP) is 2.89. The maximum atomic E-state index is 12.0. The van der Waals surface area contributed by atoms with Gasteiger partial charge >= 0.3 is 6.18 Å². The topological polar surface area (TPSA) is 49.8 Å². The minimum atomic E-state index is -4.10. The summed E-state index contributed by atoms with van der Waals surface area (Å²) < 4.78 is 35.9. The Kier molecular flexibility index (Phi) is 4.75. The summed E-state index contributed by atoms with van der Waals surface area (Å²) in [5, 5.41) is 5.83. The van der Waals surface area contributed by atoms with Crippen LogP contribution in [0.5, 0.6) is 0 Å². The molecule has 2 N–H and O–H groups in total. The van der Waals surface area contributed by atoms with Gasteiger partial charge in [0.2, 0.25) is 0 Å². The van der Waals surface area contributed by atoms with Crippen LogP contribution in [-0.2, 0) is 0 Å². The van der Waals surface area contributed by atoms with E-state index in [1.807, 2.05) is 6.92 Å². The van der Waals surface area contributed by atoms with Gasteiger partial charge in [-0.3, -0.25) is 0 Å². The fourth-order valence-electron chi connectivity index (χ4n) is 1.54. The lowest BCUT2D eigenvalue weighted by Gasteiger charge is -2.13. The second-order valence-electron chi connectivity index (χ2n) is 3.99. The van der Waals surface area contributed by atoms with Crippen LogP contribution in [0.1, 0.15) is 24.2 Å². The van der Waals surface area contributed by atoms with Crippen molar-refractivity contribution in [3.8, 4) is 0 Å². The minimum absolute atomic E-state index is 0.0286. The Labute approximate surface area is 104 Å². The lowest BCUT2D eigenvalue weighted by atomic mass is 10.2. The summed E-state index contributed by atoms with van der Waals surface area (Å²) in [5.41, 5.74) is 0.801. The molecule has 1 aromatic heterocycles. The Hall–Kier alpha value is -1.53. The monoisotopic (exact) mass is 262 g/mol. The van der Waals surface area contributed by atoms with E-state index in [0.717, 1.165) is 5.56 Å². The maximum absolute atomic E-state index is 12.0. The van der Waals surface area contributed by atoms with Crippen LogP contribution < -0.4 is 10.6 Å². The second kappa shape index (κ2) is 5.88. The fourth-order valence-corrected chi connectivity index (χ4v) is 1.54. The third-order valence-electron chi connectivity index (χ3n) is 2.42. The standard InChI is InChI=1S/C11H17F3N4/c1-7-9(15-3)17-8(2)18-10(7)16-6-4-5-11(12,13)14/h4-6H2,1-3H3,(H2,15,16,17,18). The number of nitrogens with one attached hydrogen (secondary N) is 2. The van der Waals surface area contributed by atoms with Crippen molar-refractivity contribution in [2.45, 2.75) is 32.9 Å². The van der Waals surface area contributed by atoms with Gasteiger partial charge in [-0.25, -0.2) is 9.97 Å². The number of rotatable bonds is 5. The van der Waals surface area contributed by atoms with Gasteiger partial charge in [0.05, 0.1) is 0 Å². The van der Waals surface area contributed by atoms with Gasteiger partial charge in [0.15, 0.2) is 0 Å². The summed E-state index contributed by atoms with van der Waals surface area (Å²) in [6.07, 6.45) is -4.86. The molecule has 18 heavy (non-hydrogen) atoms. The molecule has 7 heteroatoms. The Morgan fingerprint density at radius 3 is 2.28 bits per heavy atom. The summed E-state index contributed by atoms with van der Waals surface area (Å²) >= 11 is 0. The normalized spacial score (nSPS) is 11.4. The van der Waals surface area contributed by atoms with Crippen LogP contribution >= 0.6 is 0 Å². The number of halogens is 3. The first-order chi connectivity index (χ1) is 8.33. The van der Waals surface area contributed by atoms with Gasteiger partial charge in [-0.1, -0.05) is 0 Å². The van der Waals surface area contributed by atoms with Gasteiger partial charge in [0, 0.05) is 25.6 Å². The number of aryl methyl sites for hydroxylation is 1. The molecule has 1 aromatic rings. The molecule has 0 aliphatic heterocycles. The molecule has 0 fully saturated rings.